The molecule has 1 atom stereocenters. The minimum Gasteiger partial charge on any atom is -0.492 e. The molecule has 0 saturated carbocycles. The number of carbonyl (C=O) groups excluding carboxylic acids is 1. The lowest BCUT2D eigenvalue weighted by Gasteiger charge is -2.24. The molecule has 1 amide bonds. The zero-order chi connectivity index (χ0) is 15.2. The van der Waals surface area contributed by atoms with Gasteiger partial charge in [0.25, 0.3) is 0 Å². The summed E-state index contributed by atoms with van der Waals surface area (Å²) in [6.45, 7) is 1.38. The van der Waals surface area contributed by atoms with E-state index in [0.29, 0.717) is 19.8 Å². The summed E-state index contributed by atoms with van der Waals surface area (Å²) in [4.78, 5) is 12.2. The standard InChI is InChI=1S/C18H19NO3/c20-18(19-10-11-21-16-7-2-1-3-8-16)15-12-14-6-4-5-9-17(14)22-13-15/h1-9,15H,10-13H2,(H,19,20). The van der Waals surface area contributed by atoms with Crippen molar-refractivity contribution in [3.8, 4) is 11.5 Å². The molecule has 0 fully saturated rings. The number of carbonyl (C=O) groups is 1. The highest BCUT2D eigenvalue weighted by molar-refractivity contribution is 5.79. The summed E-state index contributed by atoms with van der Waals surface area (Å²) in [6.07, 6.45) is 0.724. The van der Waals surface area contributed by atoms with Gasteiger partial charge in [0, 0.05) is 0 Å². The lowest BCUT2D eigenvalue weighted by molar-refractivity contribution is -0.126. The minimum absolute atomic E-state index is 0.0196. The van der Waals surface area contributed by atoms with Crippen LogP contribution in [0.4, 0.5) is 0 Å². The van der Waals surface area contributed by atoms with Crippen LogP contribution in [-0.2, 0) is 11.2 Å². The third-order valence-electron chi connectivity index (χ3n) is 3.66. The van der Waals surface area contributed by atoms with Crippen LogP contribution < -0.4 is 14.8 Å². The minimum atomic E-state index is -0.133. The normalized spacial score (nSPS) is 16.3. The Balaban J connectivity index is 1.43. The number of benzene rings is 2. The predicted molar refractivity (Wildman–Crippen MR) is 84.1 cm³/mol. The molecule has 0 aromatic heterocycles. The van der Waals surface area contributed by atoms with E-state index in [-0.39, 0.29) is 11.8 Å². The largest absolute Gasteiger partial charge is 0.492 e. The van der Waals surface area contributed by atoms with Gasteiger partial charge in [0.05, 0.1) is 12.5 Å². The molecule has 0 saturated heterocycles. The summed E-state index contributed by atoms with van der Waals surface area (Å²) in [5.41, 5.74) is 1.09. The first-order chi connectivity index (χ1) is 10.8. The van der Waals surface area contributed by atoms with E-state index in [1.165, 1.54) is 0 Å². The van der Waals surface area contributed by atoms with Crippen molar-refractivity contribution in [3.05, 3.63) is 60.2 Å². The van der Waals surface area contributed by atoms with E-state index in [0.717, 1.165) is 23.5 Å². The topological polar surface area (TPSA) is 47.6 Å². The number of rotatable bonds is 5. The summed E-state index contributed by atoms with van der Waals surface area (Å²) < 4.78 is 11.2. The summed E-state index contributed by atoms with van der Waals surface area (Å²) >= 11 is 0. The van der Waals surface area contributed by atoms with Crippen molar-refractivity contribution < 1.29 is 14.3 Å². The first-order valence-corrected chi connectivity index (χ1v) is 7.49. The summed E-state index contributed by atoms with van der Waals surface area (Å²) in [5.74, 6) is 1.59. The maximum absolute atomic E-state index is 12.2. The Labute approximate surface area is 130 Å². The highest BCUT2D eigenvalue weighted by Gasteiger charge is 2.25. The Morgan fingerprint density at radius 3 is 2.77 bits per heavy atom. The van der Waals surface area contributed by atoms with Gasteiger partial charge in [-0.05, 0) is 30.2 Å². The average molecular weight is 297 g/mol. The molecular formula is C18H19NO3. The number of nitrogens with one attached hydrogen (secondary N) is 1. The van der Waals surface area contributed by atoms with Crippen LogP contribution in [0.3, 0.4) is 0 Å². The highest BCUT2D eigenvalue weighted by Crippen LogP contribution is 2.26. The van der Waals surface area contributed by atoms with Gasteiger partial charge in [0.15, 0.2) is 0 Å². The third-order valence-corrected chi connectivity index (χ3v) is 3.66. The average Bonchev–Trinajstić information content (AvgIpc) is 2.59. The lowest BCUT2D eigenvalue weighted by Crippen LogP contribution is -2.39. The van der Waals surface area contributed by atoms with Gasteiger partial charge in [-0.3, -0.25) is 4.79 Å². The zero-order valence-corrected chi connectivity index (χ0v) is 12.3. The number of amides is 1. The molecule has 4 heteroatoms. The van der Waals surface area contributed by atoms with E-state index in [4.69, 9.17) is 9.47 Å². The Kier molecular flexibility index (Phi) is 4.59. The summed E-state index contributed by atoms with van der Waals surface area (Å²) in [7, 11) is 0. The molecule has 1 unspecified atom stereocenters. The Morgan fingerprint density at radius 1 is 1.14 bits per heavy atom. The first-order valence-electron chi connectivity index (χ1n) is 7.49. The molecule has 0 bridgehead atoms. The van der Waals surface area contributed by atoms with Crippen LogP contribution in [-0.4, -0.2) is 25.7 Å². The van der Waals surface area contributed by atoms with E-state index in [1.807, 2.05) is 54.6 Å². The van der Waals surface area contributed by atoms with Gasteiger partial charge in [-0.2, -0.15) is 0 Å². The molecule has 2 aromatic rings. The Hall–Kier alpha value is -2.49. The number of para-hydroxylation sites is 2. The van der Waals surface area contributed by atoms with Crippen molar-refractivity contribution in [3.63, 3.8) is 0 Å². The van der Waals surface area contributed by atoms with Gasteiger partial charge in [-0.25, -0.2) is 0 Å². The van der Waals surface area contributed by atoms with E-state index < -0.39 is 0 Å². The summed E-state index contributed by atoms with van der Waals surface area (Å²) in [6, 6.07) is 17.4. The molecule has 0 spiro atoms. The van der Waals surface area contributed by atoms with Crippen LogP contribution in [0.1, 0.15) is 5.56 Å². The van der Waals surface area contributed by atoms with Crippen LogP contribution in [0.5, 0.6) is 11.5 Å². The van der Waals surface area contributed by atoms with Gasteiger partial charge < -0.3 is 14.8 Å². The van der Waals surface area contributed by atoms with Crippen LogP contribution in [0.15, 0.2) is 54.6 Å². The molecule has 22 heavy (non-hydrogen) atoms. The predicted octanol–water partition coefficient (Wildman–Crippen LogP) is 2.43. The molecule has 1 heterocycles. The molecular weight excluding hydrogens is 278 g/mol. The van der Waals surface area contributed by atoms with E-state index in [1.54, 1.807) is 0 Å². The van der Waals surface area contributed by atoms with E-state index in [2.05, 4.69) is 5.32 Å². The quantitative estimate of drug-likeness (QED) is 0.862. The van der Waals surface area contributed by atoms with Crippen LogP contribution in [0, 0.1) is 5.92 Å². The van der Waals surface area contributed by atoms with Crippen LogP contribution >= 0.6 is 0 Å². The van der Waals surface area contributed by atoms with Crippen molar-refractivity contribution in [2.75, 3.05) is 19.8 Å². The second kappa shape index (κ2) is 6.98. The second-order valence-corrected chi connectivity index (χ2v) is 5.27. The molecule has 2 aromatic carbocycles. The highest BCUT2D eigenvalue weighted by atomic mass is 16.5. The van der Waals surface area contributed by atoms with Crippen molar-refractivity contribution in [1.29, 1.82) is 0 Å². The smallest absolute Gasteiger partial charge is 0.227 e. The molecule has 0 radical (unpaired) electrons. The van der Waals surface area contributed by atoms with Crippen LogP contribution in [0.2, 0.25) is 0 Å². The molecule has 4 nitrogen and oxygen atoms in total. The number of fused-ring (bicyclic) bond motifs is 1. The lowest BCUT2D eigenvalue weighted by atomic mass is 9.96. The van der Waals surface area contributed by atoms with E-state index >= 15 is 0 Å². The van der Waals surface area contributed by atoms with E-state index in [9.17, 15) is 4.79 Å². The van der Waals surface area contributed by atoms with Gasteiger partial charge >= 0.3 is 0 Å². The summed E-state index contributed by atoms with van der Waals surface area (Å²) in [5, 5.41) is 2.91. The molecule has 1 aliphatic heterocycles. The van der Waals surface area contributed by atoms with Crippen molar-refractivity contribution >= 4 is 5.91 Å². The monoisotopic (exact) mass is 297 g/mol. The molecule has 114 valence electrons. The fourth-order valence-corrected chi connectivity index (χ4v) is 2.50. The third kappa shape index (κ3) is 3.58. The Bertz CT molecular complexity index is 627. The van der Waals surface area contributed by atoms with Gasteiger partial charge in [0.1, 0.15) is 24.7 Å². The zero-order valence-electron chi connectivity index (χ0n) is 12.3. The van der Waals surface area contributed by atoms with Crippen molar-refractivity contribution in [2.24, 2.45) is 5.92 Å². The molecule has 3 rings (SSSR count). The fourth-order valence-electron chi connectivity index (χ4n) is 2.50. The second-order valence-electron chi connectivity index (χ2n) is 5.27. The van der Waals surface area contributed by atoms with Crippen molar-refractivity contribution in [1.82, 2.24) is 5.32 Å². The maximum atomic E-state index is 12.2. The first kappa shape index (κ1) is 14.4. The van der Waals surface area contributed by atoms with Crippen molar-refractivity contribution in [2.45, 2.75) is 6.42 Å². The number of hydrogen-bond donors (Lipinski definition) is 1. The number of hydrogen-bond acceptors (Lipinski definition) is 3. The van der Waals surface area contributed by atoms with Gasteiger partial charge in [-0.1, -0.05) is 36.4 Å². The SMILES string of the molecule is O=C(NCCOc1ccccc1)C1COc2ccccc2C1. The van der Waals surface area contributed by atoms with Crippen LogP contribution in [0.25, 0.3) is 0 Å². The maximum Gasteiger partial charge on any atom is 0.227 e. The fraction of sp³-hybridized carbons (Fsp3) is 0.278. The number of ether oxygens (including phenoxy) is 2. The molecule has 1 aliphatic rings. The molecule has 1 N–H and O–H groups in total. The van der Waals surface area contributed by atoms with Gasteiger partial charge in [0.2, 0.25) is 5.91 Å². The Morgan fingerprint density at radius 2 is 1.91 bits per heavy atom. The van der Waals surface area contributed by atoms with Gasteiger partial charge in [-0.15, -0.1) is 0 Å². The molecule has 0 aliphatic carbocycles.